The zero-order valence-corrected chi connectivity index (χ0v) is 9.40. The molecular weight excluding hydrogens is 270 g/mol. The van der Waals surface area contributed by atoms with Gasteiger partial charge in [-0.3, -0.25) is 4.79 Å². The molecule has 0 aliphatic carbocycles. The minimum absolute atomic E-state index is 0.0979. The molecule has 1 unspecified atom stereocenters. The summed E-state index contributed by atoms with van der Waals surface area (Å²) in [6, 6.07) is 0.938. The number of halogens is 3. The molecule has 0 spiro atoms. The summed E-state index contributed by atoms with van der Waals surface area (Å²) in [6.07, 6.45) is -0.270. The van der Waals surface area contributed by atoms with Crippen molar-refractivity contribution in [1.82, 2.24) is 0 Å². The van der Waals surface area contributed by atoms with Crippen LogP contribution in [0, 0.1) is 11.6 Å². The molecule has 0 aromatic heterocycles. The summed E-state index contributed by atoms with van der Waals surface area (Å²) in [6.45, 7) is 1.75. The molecule has 1 aliphatic rings. The fraction of sp³-hybridized carbons (Fsp3) is 0.300. The minimum atomic E-state index is -1.10. The standard InChI is InChI=1S/C10H7BrF2O2/c1-2-6-9(14)7-4(11)3-5(12)8(13)10(7)15-6/h3,6H,2H2,1H3. The third-order valence-corrected chi connectivity index (χ3v) is 2.92. The fourth-order valence-electron chi connectivity index (χ4n) is 1.54. The first-order valence-corrected chi connectivity index (χ1v) is 5.24. The lowest BCUT2D eigenvalue weighted by molar-refractivity contribution is 0.0849. The van der Waals surface area contributed by atoms with Gasteiger partial charge in [-0.05, 0) is 28.4 Å². The van der Waals surface area contributed by atoms with Crippen LogP contribution < -0.4 is 4.74 Å². The van der Waals surface area contributed by atoms with Crippen LogP contribution in [0.2, 0.25) is 0 Å². The molecule has 0 amide bonds. The van der Waals surface area contributed by atoms with E-state index in [0.717, 1.165) is 6.07 Å². The van der Waals surface area contributed by atoms with Crippen LogP contribution in [0.3, 0.4) is 0 Å². The third-order valence-electron chi connectivity index (χ3n) is 2.30. The topological polar surface area (TPSA) is 26.3 Å². The normalized spacial score (nSPS) is 18.9. The molecule has 1 heterocycles. The Kier molecular flexibility index (Phi) is 2.50. The number of ketones is 1. The van der Waals surface area contributed by atoms with Gasteiger partial charge in [0.2, 0.25) is 11.6 Å². The largest absolute Gasteiger partial charge is 0.478 e. The van der Waals surface area contributed by atoms with Crippen molar-refractivity contribution in [2.45, 2.75) is 19.4 Å². The van der Waals surface area contributed by atoms with Crippen molar-refractivity contribution in [3.8, 4) is 5.75 Å². The van der Waals surface area contributed by atoms with Gasteiger partial charge in [0.25, 0.3) is 0 Å². The quantitative estimate of drug-likeness (QED) is 0.737. The van der Waals surface area contributed by atoms with Crippen LogP contribution in [0.4, 0.5) is 8.78 Å². The first-order valence-electron chi connectivity index (χ1n) is 4.44. The van der Waals surface area contributed by atoms with E-state index >= 15 is 0 Å². The molecule has 15 heavy (non-hydrogen) atoms. The first-order chi connectivity index (χ1) is 7.06. The fourth-order valence-corrected chi connectivity index (χ4v) is 2.12. The van der Waals surface area contributed by atoms with E-state index in [1.807, 2.05) is 0 Å². The molecule has 1 aromatic carbocycles. The van der Waals surface area contributed by atoms with Gasteiger partial charge in [-0.15, -0.1) is 0 Å². The van der Waals surface area contributed by atoms with Gasteiger partial charge in [0.15, 0.2) is 17.7 Å². The molecule has 0 saturated heterocycles. The van der Waals surface area contributed by atoms with Crippen LogP contribution in [0.5, 0.6) is 5.75 Å². The highest BCUT2D eigenvalue weighted by Crippen LogP contribution is 2.38. The van der Waals surface area contributed by atoms with Crippen LogP contribution in [-0.2, 0) is 0 Å². The van der Waals surface area contributed by atoms with Gasteiger partial charge in [0, 0.05) is 4.47 Å². The molecule has 1 aromatic rings. The van der Waals surface area contributed by atoms with Gasteiger partial charge in [-0.25, -0.2) is 4.39 Å². The van der Waals surface area contributed by atoms with E-state index in [-0.39, 0.29) is 21.6 Å². The second-order valence-corrected chi connectivity index (χ2v) is 4.09. The Bertz CT molecular complexity index is 446. The molecule has 0 radical (unpaired) electrons. The molecule has 80 valence electrons. The molecule has 1 atom stereocenters. The Hall–Kier alpha value is -0.970. The predicted molar refractivity (Wildman–Crippen MR) is 53.1 cm³/mol. The van der Waals surface area contributed by atoms with E-state index in [9.17, 15) is 13.6 Å². The van der Waals surface area contributed by atoms with Crippen molar-refractivity contribution in [3.63, 3.8) is 0 Å². The monoisotopic (exact) mass is 276 g/mol. The maximum Gasteiger partial charge on any atom is 0.208 e. The Balaban J connectivity index is 2.63. The summed E-state index contributed by atoms with van der Waals surface area (Å²) in [7, 11) is 0. The van der Waals surface area contributed by atoms with Gasteiger partial charge in [0.1, 0.15) is 0 Å². The van der Waals surface area contributed by atoms with Crippen LogP contribution in [0.1, 0.15) is 23.7 Å². The lowest BCUT2D eigenvalue weighted by Crippen LogP contribution is -2.18. The molecule has 5 heteroatoms. The van der Waals surface area contributed by atoms with E-state index in [2.05, 4.69) is 15.9 Å². The zero-order valence-electron chi connectivity index (χ0n) is 7.81. The average Bonchev–Trinajstić information content (AvgIpc) is 2.53. The Morgan fingerprint density at radius 2 is 2.20 bits per heavy atom. The first kappa shape index (κ1) is 10.5. The number of carbonyl (C=O) groups is 1. The summed E-state index contributed by atoms with van der Waals surface area (Å²) < 4.78 is 31.6. The number of benzene rings is 1. The van der Waals surface area contributed by atoms with Crippen LogP contribution in [0.15, 0.2) is 10.5 Å². The molecular formula is C10H7BrF2O2. The number of fused-ring (bicyclic) bond motifs is 1. The number of Topliss-reactive ketones (excluding diaryl/α,β-unsaturated/α-hetero) is 1. The molecule has 0 fully saturated rings. The van der Waals surface area contributed by atoms with Gasteiger partial charge in [-0.2, -0.15) is 4.39 Å². The third kappa shape index (κ3) is 1.45. The molecule has 0 saturated carbocycles. The van der Waals surface area contributed by atoms with E-state index < -0.39 is 17.7 Å². The molecule has 0 bridgehead atoms. The maximum atomic E-state index is 13.3. The van der Waals surface area contributed by atoms with Crippen molar-refractivity contribution in [2.24, 2.45) is 0 Å². The van der Waals surface area contributed by atoms with Crippen LogP contribution in [-0.4, -0.2) is 11.9 Å². The summed E-state index contributed by atoms with van der Waals surface area (Å²) in [4.78, 5) is 11.7. The summed E-state index contributed by atoms with van der Waals surface area (Å²) >= 11 is 3.02. The van der Waals surface area contributed by atoms with E-state index in [4.69, 9.17) is 4.74 Å². The summed E-state index contributed by atoms with van der Waals surface area (Å²) in [5.74, 6) is -2.71. The highest BCUT2D eigenvalue weighted by Gasteiger charge is 2.36. The second kappa shape index (κ2) is 3.56. The van der Waals surface area contributed by atoms with Gasteiger partial charge in [0.05, 0.1) is 5.56 Å². The number of hydrogen-bond donors (Lipinski definition) is 0. The number of hydrogen-bond acceptors (Lipinski definition) is 2. The summed E-state index contributed by atoms with van der Waals surface area (Å²) in [5, 5.41) is 0. The molecule has 0 N–H and O–H groups in total. The lowest BCUT2D eigenvalue weighted by Gasteiger charge is -2.05. The van der Waals surface area contributed by atoms with Crippen molar-refractivity contribution in [1.29, 1.82) is 0 Å². The zero-order chi connectivity index (χ0) is 11.2. The van der Waals surface area contributed by atoms with Crippen molar-refractivity contribution in [3.05, 3.63) is 27.7 Å². The van der Waals surface area contributed by atoms with E-state index in [1.54, 1.807) is 6.92 Å². The Morgan fingerprint density at radius 1 is 1.53 bits per heavy atom. The van der Waals surface area contributed by atoms with Crippen LogP contribution >= 0.6 is 15.9 Å². The Morgan fingerprint density at radius 3 is 2.80 bits per heavy atom. The van der Waals surface area contributed by atoms with E-state index in [0.29, 0.717) is 6.42 Å². The number of ether oxygens (including phenoxy) is 1. The van der Waals surface area contributed by atoms with Gasteiger partial charge >= 0.3 is 0 Å². The van der Waals surface area contributed by atoms with Crippen molar-refractivity contribution >= 4 is 21.7 Å². The smallest absolute Gasteiger partial charge is 0.208 e. The van der Waals surface area contributed by atoms with Crippen molar-refractivity contribution < 1.29 is 18.3 Å². The minimum Gasteiger partial charge on any atom is -0.478 e. The maximum absolute atomic E-state index is 13.3. The number of rotatable bonds is 1. The van der Waals surface area contributed by atoms with Gasteiger partial charge in [-0.1, -0.05) is 6.92 Å². The molecule has 2 nitrogen and oxygen atoms in total. The Labute approximate surface area is 93.4 Å². The lowest BCUT2D eigenvalue weighted by atomic mass is 10.1. The molecule has 1 aliphatic heterocycles. The number of carbonyl (C=O) groups excluding carboxylic acids is 1. The van der Waals surface area contributed by atoms with Gasteiger partial charge < -0.3 is 4.74 Å². The highest BCUT2D eigenvalue weighted by molar-refractivity contribution is 9.10. The second-order valence-electron chi connectivity index (χ2n) is 3.24. The van der Waals surface area contributed by atoms with Crippen molar-refractivity contribution in [2.75, 3.05) is 0 Å². The highest BCUT2D eigenvalue weighted by atomic mass is 79.9. The summed E-state index contributed by atoms with van der Waals surface area (Å²) in [5.41, 5.74) is 0.0979. The average molecular weight is 277 g/mol. The predicted octanol–water partition coefficient (Wildman–Crippen LogP) is 3.08. The van der Waals surface area contributed by atoms with E-state index in [1.165, 1.54) is 0 Å². The SMILES string of the molecule is CCC1Oc2c(F)c(F)cc(Br)c2C1=O. The molecule has 2 rings (SSSR count). The van der Waals surface area contributed by atoms with Crippen LogP contribution in [0.25, 0.3) is 0 Å².